The van der Waals surface area contributed by atoms with Gasteiger partial charge in [0.2, 0.25) is 0 Å². The van der Waals surface area contributed by atoms with Crippen molar-refractivity contribution in [3.63, 3.8) is 0 Å². The van der Waals surface area contributed by atoms with Gasteiger partial charge in [-0.1, -0.05) is 17.7 Å². The van der Waals surface area contributed by atoms with E-state index in [1.165, 1.54) is 25.0 Å². The van der Waals surface area contributed by atoms with Crippen LogP contribution in [0.5, 0.6) is 0 Å². The van der Waals surface area contributed by atoms with Crippen molar-refractivity contribution in [2.45, 2.75) is 44.8 Å². The molecule has 0 spiro atoms. The van der Waals surface area contributed by atoms with Crippen LogP contribution < -0.4 is 5.32 Å². The summed E-state index contributed by atoms with van der Waals surface area (Å²) in [5, 5.41) is 4.14. The van der Waals surface area contributed by atoms with Crippen molar-refractivity contribution in [3.05, 3.63) is 34.6 Å². The summed E-state index contributed by atoms with van der Waals surface area (Å²) >= 11 is 6.19. The highest BCUT2D eigenvalue weighted by Gasteiger charge is 2.47. The van der Waals surface area contributed by atoms with E-state index in [1.807, 2.05) is 6.07 Å². The highest BCUT2D eigenvalue weighted by Crippen LogP contribution is 2.44. The van der Waals surface area contributed by atoms with Crippen LogP contribution in [0.4, 0.5) is 4.39 Å². The van der Waals surface area contributed by atoms with E-state index >= 15 is 0 Å². The highest BCUT2D eigenvalue weighted by molar-refractivity contribution is 6.31. The molecule has 1 aromatic carbocycles. The summed E-state index contributed by atoms with van der Waals surface area (Å²) in [5.74, 6) is 0.513. The van der Waals surface area contributed by atoms with Gasteiger partial charge in [0.25, 0.3) is 0 Å². The van der Waals surface area contributed by atoms with E-state index in [4.69, 9.17) is 11.6 Å². The van der Waals surface area contributed by atoms with Gasteiger partial charge in [-0.25, -0.2) is 4.39 Å². The number of benzene rings is 1. The first-order valence-corrected chi connectivity index (χ1v) is 7.79. The SMILES string of the molecule is CC1CN(Cc2ccc(F)cc2Cl)C(C)(C2CC2)CN1. The van der Waals surface area contributed by atoms with Crippen LogP contribution >= 0.6 is 11.6 Å². The van der Waals surface area contributed by atoms with E-state index in [1.54, 1.807) is 0 Å². The Morgan fingerprint density at radius 1 is 1.45 bits per heavy atom. The van der Waals surface area contributed by atoms with Crippen LogP contribution in [0, 0.1) is 11.7 Å². The summed E-state index contributed by atoms with van der Waals surface area (Å²) in [6, 6.07) is 5.22. The minimum atomic E-state index is -0.266. The average Bonchev–Trinajstić information content (AvgIpc) is 3.22. The van der Waals surface area contributed by atoms with Gasteiger partial charge in [-0.05, 0) is 50.3 Å². The quantitative estimate of drug-likeness (QED) is 0.919. The topological polar surface area (TPSA) is 15.3 Å². The van der Waals surface area contributed by atoms with Gasteiger partial charge < -0.3 is 5.32 Å². The van der Waals surface area contributed by atoms with Crippen molar-refractivity contribution in [3.8, 4) is 0 Å². The predicted octanol–water partition coefficient (Wildman–Crippen LogP) is 3.44. The van der Waals surface area contributed by atoms with Crippen LogP contribution in [0.15, 0.2) is 18.2 Å². The minimum Gasteiger partial charge on any atom is -0.311 e. The van der Waals surface area contributed by atoms with Gasteiger partial charge in [-0.15, -0.1) is 0 Å². The lowest BCUT2D eigenvalue weighted by Gasteiger charge is -2.48. The second kappa shape index (κ2) is 5.28. The number of hydrogen-bond donors (Lipinski definition) is 1. The lowest BCUT2D eigenvalue weighted by Crippen LogP contribution is -2.63. The van der Waals surface area contributed by atoms with E-state index in [-0.39, 0.29) is 11.4 Å². The summed E-state index contributed by atoms with van der Waals surface area (Å²) < 4.78 is 13.2. The molecule has 0 radical (unpaired) electrons. The van der Waals surface area contributed by atoms with Crippen molar-refractivity contribution in [1.29, 1.82) is 0 Å². The molecule has 0 amide bonds. The van der Waals surface area contributed by atoms with E-state index in [2.05, 4.69) is 24.1 Å². The summed E-state index contributed by atoms with van der Waals surface area (Å²) in [6.07, 6.45) is 2.64. The number of hydrogen-bond acceptors (Lipinski definition) is 2. The van der Waals surface area contributed by atoms with E-state index in [0.717, 1.165) is 31.1 Å². The van der Waals surface area contributed by atoms with Gasteiger partial charge in [0.1, 0.15) is 5.82 Å². The molecule has 3 rings (SSSR count). The molecule has 1 aliphatic heterocycles. The Morgan fingerprint density at radius 2 is 2.20 bits per heavy atom. The van der Waals surface area contributed by atoms with Crippen molar-refractivity contribution in [2.75, 3.05) is 13.1 Å². The van der Waals surface area contributed by atoms with Crippen LogP contribution in [0.3, 0.4) is 0 Å². The first-order valence-electron chi connectivity index (χ1n) is 7.41. The Labute approximate surface area is 125 Å². The van der Waals surface area contributed by atoms with Gasteiger partial charge >= 0.3 is 0 Å². The summed E-state index contributed by atoms with van der Waals surface area (Å²) in [7, 11) is 0. The first-order chi connectivity index (χ1) is 9.49. The Hall–Kier alpha value is -0.640. The Morgan fingerprint density at radius 3 is 2.85 bits per heavy atom. The highest BCUT2D eigenvalue weighted by atomic mass is 35.5. The zero-order valence-corrected chi connectivity index (χ0v) is 12.9. The second-order valence-corrected chi connectivity index (χ2v) is 6.94. The fourth-order valence-electron chi connectivity index (χ4n) is 3.30. The van der Waals surface area contributed by atoms with Crippen LogP contribution in [-0.4, -0.2) is 29.6 Å². The maximum Gasteiger partial charge on any atom is 0.124 e. The molecule has 1 saturated carbocycles. The number of halogens is 2. The first kappa shape index (κ1) is 14.3. The monoisotopic (exact) mass is 296 g/mol. The van der Waals surface area contributed by atoms with Crippen LogP contribution in [0.25, 0.3) is 0 Å². The summed E-state index contributed by atoms with van der Waals surface area (Å²) in [4.78, 5) is 2.53. The molecule has 0 aromatic heterocycles. The van der Waals surface area contributed by atoms with Crippen LogP contribution in [0.2, 0.25) is 5.02 Å². The average molecular weight is 297 g/mol. The smallest absolute Gasteiger partial charge is 0.124 e. The molecule has 20 heavy (non-hydrogen) atoms. The molecule has 2 aliphatic rings. The molecule has 0 bridgehead atoms. The number of nitrogens with one attached hydrogen (secondary N) is 1. The molecule has 1 aromatic rings. The molecule has 1 N–H and O–H groups in total. The molecule has 1 heterocycles. The Balaban J connectivity index is 1.82. The van der Waals surface area contributed by atoms with Gasteiger partial charge in [0.15, 0.2) is 0 Å². The van der Waals surface area contributed by atoms with Crippen LogP contribution in [-0.2, 0) is 6.54 Å². The number of nitrogens with zero attached hydrogens (tertiary/aromatic N) is 1. The van der Waals surface area contributed by atoms with Crippen molar-refractivity contribution in [2.24, 2.45) is 5.92 Å². The molecule has 2 nitrogen and oxygen atoms in total. The standard InChI is InChI=1S/C16H22ClFN2/c1-11-8-20(16(2,10-19-11)13-4-5-13)9-12-3-6-14(18)7-15(12)17/h3,6-7,11,13,19H,4-5,8-10H2,1-2H3. The largest absolute Gasteiger partial charge is 0.311 e. The van der Waals surface area contributed by atoms with Crippen molar-refractivity contribution in [1.82, 2.24) is 10.2 Å². The van der Waals surface area contributed by atoms with Gasteiger partial charge in [0.05, 0.1) is 0 Å². The third-order valence-electron chi connectivity index (χ3n) is 4.86. The van der Waals surface area contributed by atoms with Crippen molar-refractivity contribution >= 4 is 11.6 Å². The lowest BCUT2D eigenvalue weighted by molar-refractivity contribution is 0.0312. The maximum absolute atomic E-state index is 13.2. The van der Waals surface area contributed by atoms with Gasteiger partial charge in [-0.2, -0.15) is 0 Å². The molecule has 2 atom stereocenters. The van der Waals surface area contributed by atoms with E-state index < -0.39 is 0 Å². The molecule has 2 unspecified atom stereocenters. The number of piperazine rings is 1. The number of rotatable bonds is 3. The molecular weight excluding hydrogens is 275 g/mol. The fourth-order valence-corrected chi connectivity index (χ4v) is 3.53. The third-order valence-corrected chi connectivity index (χ3v) is 5.21. The molecule has 110 valence electrons. The maximum atomic E-state index is 13.2. The van der Waals surface area contributed by atoms with Gasteiger partial charge in [-0.3, -0.25) is 4.90 Å². The van der Waals surface area contributed by atoms with Gasteiger partial charge in [0, 0.05) is 36.2 Å². The van der Waals surface area contributed by atoms with Crippen molar-refractivity contribution < 1.29 is 4.39 Å². The summed E-state index contributed by atoms with van der Waals surface area (Å²) in [5.41, 5.74) is 1.22. The zero-order chi connectivity index (χ0) is 14.3. The molecular formula is C16H22ClFN2. The minimum absolute atomic E-state index is 0.199. The molecule has 2 fully saturated rings. The second-order valence-electron chi connectivity index (χ2n) is 6.53. The van der Waals surface area contributed by atoms with E-state index in [0.29, 0.717) is 11.1 Å². The Bertz CT molecular complexity index is 503. The summed E-state index contributed by atoms with van der Waals surface area (Å²) in [6.45, 7) is 7.41. The molecule has 1 aliphatic carbocycles. The van der Waals surface area contributed by atoms with Crippen LogP contribution in [0.1, 0.15) is 32.3 Å². The lowest BCUT2D eigenvalue weighted by atomic mass is 9.89. The third kappa shape index (κ3) is 2.72. The predicted molar refractivity (Wildman–Crippen MR) is 80.4 cm³/mol. The fraction of sp³-hybridized carbons (Fsp3) is 0.625. The normalized spacial score (nSPS) is 31.5. The van der Waals surface area contributed by atoms with E-state index in [9.17, 15) is 4.39 Å². The zero-order valence-electron chi connectivity index (χ0n) is 12.1. The molecule has 1 saturated heterocycles. The molecule has 4 heteroatoms. The Kier molecular flexibility index (Phi) is 3.78.